The van der Waals surface area contributed by atoms with Crippen molar-refractivity contribution in [2.24, 2.45) is 12.8 Å². The molecule has 1 atom stereocenters. The Morgan fingerprint density at radius 1 is 1.15 bits per heavy atom. The van der Waals surface area contributed by atoms with Crippen LogP contribution in [0.1, 0.15) is 17.2 Å². The molecule has 8 heteroatoms. The molecule has 166 valence electrons. The lowest BCUT2D eigenvalue weighted by molar-refractivity contribution is -0.122. The lowest BCUT2D eigenvalue weighted by Crippen LogP contribution is -2.33. The number of nitrogens with one attached hydrogen (secondary N) is 3. The number of anilines is 1. The Morgan fingerprint density at radius 2 is 1.97 bits per heavy atom. The number of amides is 1. The van der Waals surface area contributed by atoms with Gasteiger partial charge in [0.1, 0.15) is 17.2 Å². The molecule has 33 heavy (non-hydrogen) atoms. The Morgan fingerprint density at radius 3 is 2.76 bits per heavy atom. The van der Waals surface area contributed by atoms with Gasteiger partial charge in [-0.3, -0.25) is 4.79 Å². The number of fused-ring (bicyclic) bond motifs is 3. The van der Waals surface area contributed by atoms with E-state index < -0.39 is 6.04 Å². The van der Waals surface area contributed by atoms with Crippen molar-refractivity contribution in [3.05, 3.63) is 78.1 Å². The number of aromatic nitrogens is 4. The number of carbonyl (C=O) groups is 1. The predicted octanol–water partition coefficient (Wildman–Crippen LogP) is 3.47. The quantitative estimate of drug-likeness (QED) is 0.324. The van der Waals surface area contributed by atoms with E-state index in [9.17, 15) is 4.79 Å². The minimum atomic E-state index is -0.697. The number of hydrogen-bond donors (Lipinski definition) is 4. The van der Waals surface area contributed by atoms with E-state index in [4.69, 9.17) is 10.7 Å². The summed E-state index contributed by atoms with van der Waals surface area (Å²) in [6.45, 7) is 0.390. The zero-order valence-corrected chi connectivity index (χ0v) is 18.5. The van der Waals surface area contributed by atoms with E-state index in [1.165, 1.54) is 0 Å². The first kappa shape index (κ1) is 20.7. The van der Waals surface area contributed by atoms with Crippen LogP contribution in [0.15, 0.2) is 67.0 Å². The van der Waals surface area contributed by atoms with Crippen molar-refractivity contribution in [3.63, 3.8) is 0 Å². The molecule has 0 unspecified atom stereocenters. The second kappa shape index (κ2) is 8.40. The van der Waals surface area contributed by atoms with Gasteiger partial charge in [0, 0.05) is 31.7 Å². The summed E-state index contributed by atoms with van der Waals surface area (Å²) in [5.74, 6) is 0.525. The summed E-state index contributed by atoms with van der Waals surface area (Å²) in [5.41, 5.74) is 12.5. The van der Waals surface area contributed by atoms with Gasteiger partial charge in [0.2, 0.25) is 5.91 Å². The second-order valence-corrected chi connectivity index (χ2v) is 8.01. The minimum Gasteiger partial charge on any atom is -0.371 e. The van der Waals surface area contributed by atoms with Crippen LogP contribution in [0.3, 0.4) is 0 Å². The van der Waals surface area contributed by atoms with E-state index in [0.29, 0.717) is 6.54 Å². The average molecular weight is 440 g/mol. The lowest BCUT2D eigenvalue weighted by Gasteiger charge is -2.13. The van der Waals surface area contributed by atoms with E-state index >= 15 is 0 Å². The number of carbonyl (C=O) groups excluding carboxylic acids is 1. The topological polar surface area (TPSA) is 114 Å². The number of hydrogen-bond acceptors (Lipinski definition) is 5. The van der Waals surface area contributed by atoms with E-state index in [1.807, 2.05) is 67.2 Å². The maximum Gasteiger partial charge on any atom is 0.241 e. The summed E-state index contributed by atoms with van der Waals surface area (Å²) >= 11 is 0. The van der Waals surface area contributed by atoms with Gasteiger partial charge in [0.25, 0.3) is 0 Å². The van der Waals surface area contributed by atoms with Crippen LogP contribution in [0.2, 0.25) is 0 Å². The molecular formula is C25H25N7O. The van der Waals surface area contributed by atoms with Crippen molar-refractivity contribution in [3.8, 4) is 11.3 Å². The molecule has 0 aliphatic heterocycles. The largest absolute Gasteiger partial charge is 0.371 e. The zero-order chi connectivity index (χ0) is 22.9. The first-order valence-electron chi connectivity index (χ1n) is 10.7. The van der Waals surface area contributed by atoms with Gasteiger partial charge in [0.05, 0.1) is 11.8 Å². The van der Waals surface area contributed by atoms with Crippen molar-refractivity contribution in [2.75, 3.05) is 12.4 Å². The van der Waals surface area contributed by atoms with Crippen LogP contribution >= 0.6 is 0 Å². The summed E-state index contributed by atoms with van der Waals surface area (Å²) in [7, 11) is 3.82. The number of imidazole rings is 1. The Hall–Kier alpha value is -4.17. The van der Waals surface area contributed by atoms with Crippen LogP contribution in [-0.2, 0) is 18.4 Å². The summed E-state index contributed by atoms with van der Waals surface area (Å²) in [5, 5.41) is 7.07. The monoisotopic (exact) mass is 439 g/mol. The first-order valence-corrected chi connectivity index (χ1v) is 10.7. The standard InChI is InChI=1S/C25H25N7O/c1-27-24-21-22(32(2)14-29-21)18-12-19(30-23(18)31-24)17-10-6-7-15(11-17)13-28-25(33)20(26)16-8-4-3-5-9-16/h3-12,14,20H,13,26H2,1-2H3,(H,28,33)(H2,27,30,31)/t20-/m0/s1. The van der Waals surface area contributed by atoms with Gasteiger partial charge in [-0.05, 0) is 28.8 Å². The highest BCUT2D eigenvalue weighted by molar-refractivity contribution is 6.07. The van der Waals surface area contributed by atoms with E-state index in [1.54, 1.807) is 6.33 Å². The normalized spacial score (nSPS) is 12.2. The fourth-order valence-corrected chi connectivity index (χ4v) is 4.09. The Kier molecular flexibility index (Phi) is 5.27. The molecule has 3 heterocycles. The molecule has 2 aromatic carbocycles. The van der Waals surface area contributed by atoms with Crippen LogP contribution in [0, 0.1) is 0 Å². The smallest absolute Gasteiger partial charge is 0.241 e. The van der Waals surface area contributed by atoms with Crippen molar-refractivity contribution in [1.82, 2.24) is 24.8 Å². The second-order valence-electron chi connectivity index (χ2n) is 8.01. The van der Waals surface area contributed by atoms with Crippen LogP contribution < -0.4 is 16.4 Å². The zero-order valence-electron chi connectivity index (χ0n) is 18.5. The maximum atomic E-state index is 12.5. The van der Waals surface area contributed by atoms with Gasteiger partial charge in [-0.1, -0.05) is 48.5 Å². The fraction of sp³-hybridized carbons (Fsp3) is 0.160. The first-order chi connectivity index (χ1) is 16.0. The molecule has 0 aliphatic carbocycles. The van der Waals surface area contributed by atoms with E-state index in [0.717, 1.165) is 50.3 Å². The number of aryl methyl sites for hydroxylation is 1. The molecule has 0 aliphatic rings. The molecule has 0 saturated carbocycles. The fourth-order valence-electron chi connectivity index (χ4n) is 4.09. The van der Waals surface area contributed by atoms with Crippen molar-refractivity contribution < 1.29 is 4.79 Å². The molecule has 5 aromatic rings. The predicted molar refractivity (Wildman–Crippen MR) is 131 cm³/mol. The highest BCUT2D eigenvalue weighted by Crippen LogP contribution is 2.31. The Balaban J connectivity index is 1.40. The summed E-state index contributed by atoms with van der Waals surface area (Å²) in [4.78, 5) is 25.1. The molecule has 8 nitrogen and oxygen atoms in total. The number of H-pyrrole nitrogens is 1. The third-order valence-corrected chi connectivity index (χ3v) is 5.82. The van der Waals surface area contributed by atoms with Gasteiger partial charge >= 0.3 is 0 Å². The van der Waals surface area contributed by atoms with Gasteiger partial charge in [-0.15, -0.1) is 0 Å². The van der Waals surface area contributed by atoms with Gasteiger partial charge in [-0.2, -0.15) is 0 Å². The molecule has 5 N–H and O–H groups in total. The third kappa shape index (κ3) is 3.81. The Labute approximate surface area is 190 Å². The Bertz CT molecular complexity index is 1450. The third-order valence-electron chi connectivity index (χ3n) is 5.82. The number of nitrogens with zero attached hydrogens (tertiary/aromatic N) is 3. The van der Waals surface area contributed by atoms with Crippen molar-refractivity contribution >= 4 is 33.8 Å². The van der Waals surface area contributed by atoms with Crippen LogP contribution in [0.25, 0.3) is 33.3 Å². The van der Waals surface area contributed by atoms with Gasteiger partial charge < -0.3 is 25.9 Å². The highest BCUT2D eigenvalue weighted by Gasteiger charge is 2.16. The van der Waals surface area contributed by atoms with Crippen LogP contribution in [-0.4, -0.2) is 32.5 Å². The van der Waals surface area contributed by atoms with E-state index in [2.05, 4.69) is 32.7 Å². The molecule has 3 aromatic heterocycles. The molecule has 0 bridgehead atoms. The van der Waals surface area contributed by atoms with Crippen LogP contribution in [0.4, 0.5) is 5.82 Å². The van der Waals surface area contributed by atoms with Gasteiger partial charge in [-0.25, -0.2) is 9.97 Å². The molecule has 1 amide bonds. The molecular weight excluding hydrogens is 414 g/mol. The number of nitrogens with two attached hydrogens (primary N) is 1. The van der Waals surface area contributed by atoms with Crippen molar-refractivity contribution in [1.29, 1.82) is 0 Å². The SMILES string of the molecule is CNc1nc2[nH]c(-c3cccc(CNC(=O)[C@@H](N)c4ccccc4)c3)cc2c2c1ncn2C. The maximum absolute atomic E-state index is 12.5. The average Bonchev–Trinajstić information content (AvgIpc) is 3.45. The number of aromatic amines is 1. The summed E-state index contributed by atoms with van der Waals surface area (Å²) in [6.07, 6.45) is 1.79. The molecule has 0 fully saturated rings. The van der Waals surface area contributed by atoms with E-state index in [-0.39, 0.29) is 5.91 Å². The number of benzene rings is 2. The minimum absolute atomic E-state index is 0.209. The highest BCUT2D eigenvalue weighted by atomic mass is 16.2. The number of pyridine rings is 1. The number of rotatable bonds is 6. The molecule has 0 spiro atoms. The lowest BCUT2D eigenvalue weighted by atomic mass is 10.1. The van der Waals surface area contributed by atoms with Crippen molar-refractivity contribution in [2.45, 2.75) is 12.6 Å². The van der Waals surface area contributed by atoms with Crippen LogP contribution in [0.5, 0.6) is 0 Å². The molecule has 0 saturated heterocycles. The molecule has 5 rings (SSSR count). The van der Waals surface area contributed by atoms with Gasteiger partial charge in [0.15, 0.2) is 5.82 Å². The summed E-state index contributed by atoms with van der Waals surface area (Å²) < 4.78 is 2.00. The summed E-state index contributed by atoms with van der Waals surface area (Å²) in [6, 6.07) is 18.8. The molecule has 0 radical (unpaired) electrons.